The summed E-state index contributed by atoms with van der Waals surface area (Å²) >= 11 is 1.50. The molecule has 0 fully saturated rings. The second kappa shape index (κ2) is 4.19. The van der Waals surface area contributed by atoms with E-state index in [0.717, 1.165) is 5.01 Å². The maximum atomic E-state index is 11.2. The van der Waals surface area contributed by atoms with E-state index in [4.69, 9.17) is 5.11 Å². The largest absolute Gasteiger partial charge is 0.478 e. The first-order valence-corrected chi connectivity index (χ1v) is 6.07. The van der Waals surface area contributed by atoms with Crippen LogP contribution in [0, 0.1) is 0 Å². The van der Waals surface area contributed by atoms with Crippen molar-refractivity contribution < 1.29 is 9.90 Å². The molecule has 0 amide bonds. The average Bonchev–Trinajstić information content (AvgIpc) is 2.99. The van der Waals surface area contributed by atoms with Crippen LogP contribution < -0.4 is 0 Å². The quantitative estimate of drug-likeness (QED) is 0.774. The summed E-state index contributed by atoms with van der Waals surface area (Å²) in [5.74, 6) is -0.983. The fourth-order valence-corrected chi connectivity index (χ4v) is 2.37. The molecule has 3 aromatic rings. The Morgan fingerprint density at radius 3 is 3.06 bits per heavy atom. The Kier molecular flexibility index (Phi) is 2.52. The van der Waals surface area contributed by atoms with Gasteiger partial charge in [0.25, 0.3) is 0 Å². The van der Waals surface area contributed by atoms with Crippen LogP contribution in [0.1, 0.15) is 15.4 Å². The molecule has 1 N–H and O–H groups in total. The number of nitrogens with zero attached hydrogens (tertiary/aromatic N) is 4. The molecule has 0 atom stereocenters. The first-order valence-electron chi connectivity index (χ1n) is 5.19. The lowest BCUT2D eigenvalue weighted by atomic mass is 10.2. The van der Waals surface area contributed by atoms with Gasteiger partial charge in [-0.1, -0.05) is 11.3 Å². The van der Waals surface area contributed by atoms with Gasteiger partial charge in [-0.3, -0.25) is 0 Å². The van der Waals surface area contributed by atoms with Gasteiger partial charge >= 0.3 is 5.97 Å². The van der Waals surface area contributed by atoms with Crippen LogP contribution in [0.4, 0.5) is 0 Å². The van der Waals surface area contributed by atoms with Gasteiger partial charge in [0.15, 0.2) is 0 Å². The van der Waals surface area contributed by atoms with Crippen molar-refractivity contribution in [3.8, 4) is 0 Å². The van der Waals surface area contributed by atoms with Gasteiger partial charge in [-0.15, -0.1) is 16.4 Å². The molecule has 0 spiro atoms. The van der Waals surface area contributed by atoms with Crippen LogP contribution in [-0.2, 0) is 6.54 Å². The predicted molar refractivity (Wildman–Crippen MR) is 65.7 cm³/mol. The summed E-state index contributed by atoms with van der Waals surface area (Å²) in [6.07, 6.45) is 1.71. The Hall–Kier alpha value is -2.28. The molecule has 0 unspecified atom stereocenters. The number of carboxylic acids is 1. The van der Waals surface area contributed by atoms with Crippen LogP contribution in [0.25, 0.3) is 11.0 Å². The van der Waals surface area contributed by atoms with Crippen LogP contribution in [0.2, 0.25) is 0 Å². The first-order chi connectivity index (χ1) is 8.75. The molecular weight excluding hydrogens is 252 g/mol. The highest BCUT2D eigenvalue weighted by Crippen LogP contribution is 2.18. The van der Waals surface area contributed by atoms with Crippen molar-refractivity contribution in [1.82, 2.24) is 20.0 Å². The fraction of sp³-hybridized carbons (Fsp3) is 0.0909. The number of aromatic carboxylic acids is 1. The van der Waals surface area contributed by atoms with Crippen LogP contribution in [0.15, 0.2) is 29.8 Å². The number of fused-ring (bicyclic) bond motifs is 1. The van der Waals surface area contributed by atoms with Crippen molar-refractivity contribution in [3.05, 3.63) is 40.3 Å². The Morgan fingerprint density at radius 2 is 2.33 bits per heavy atom. The lowest BCUT2D eigenvalue weighted by Crippen LogP contribution is -2.06. The predicted octanol–water partition coefficient (Wildman–Crippen LogP) is 1.63. The highest BCUT2D eigenvalue weighted by molar-refractivity contribution is 7.09. The number of para-hydroxylation sites is 1. The van der Waals surface area contributed by atoms with Crippen molar-refractivity contribution >= 4 is 28.3 Å². The number of hydrogen-bond acceptors (Lipinski definition) is 5. The topological polar surface area (TPSA) is 80.9 Å². The molecule has 0 saturated heterocycles. The van der Waals surface area contributed by atoms with Crippen LogP contribution in [-0.4, -0.2) is 31.1 Å². The van der Waals surface area contributed by atoms with Gasteiger partial charge in [-0.05, 0) is 12.1 Å². The lowest BCUT2D eigenvalue weighted by Gasteiger charge is -2.01. The van der Waals surface area contributed by atoms with E-state index in [2.05, 4.69) is 15.3 Å². The second-order valence-corrected chi connectivity index (χ2v) is 4.63. The van der Waals surface area contributed by atoms with Gasteiger partial charge in [0.2, 0.25) is 0 Å². The van der Waals surface area contributed by atoms with Crippen LogP contribution >= 0.6 is 11.3 Å². The molecule has 2 aromatic heterocycles. The SMILES string of the molecule is O=C(O)c1cccc2nnn(Cc3nccs3)c12. The van der Waals surface area contributed by atoms with Crippen molar-refractivity contribution in [1.29, 1.82) is 0 Å². The normalized spacial score (nSPS) is 10.9. The van der Waals surface area contributed by atoms with Gasteiger partial charge in [-0.25, -0.2) is 14.5 Å². The Morgan fingerprint density at radius 1 is 1.44 bits per heavy atom. The van der Waals surface area contributed by atoms with E-state index in [9.17, 15) is 4.79 Å². The maximum absolute atomic E-state index is 11.2. The summed E-state index contributed by atoms with van der Waals surface area (Å²) in [6.45, 7) is 0.429. The van der Waals surface area contributed by atoms with Crippen LogP contribution in [0.3, 0.4) is 0 Å². The molecule has 0 aliphatic rings. The molecule has 1 aromatic carbocycles. The maximum Gasteiger partial charge on any atom is 0.337 e. The number of hydrogen-bond donors (Lipinski definition) is 1. The Balaban J connectivity index is 2.15. The van der Waals surface area contributed by atoms with Crippen molar-refractivity contribution in [3.63, 3.8) is 0 Å². The minimum absolute atomic E-state index is 0.203. The number of thiazole rings is 1. The molecule has 0 aliphatic carbocycles. The van der Waals surface area contributed by atoms with Gasteiger partial charge in [-0.2, -0.15) is 0 Å². The molecule has 7 heteroatoms. The van der Waals surface area contributed by atoms with E-state index in [1.807, 2.05) is 5.38 Å². The summed E-state index contributed by atoms with van der Waals surface area (Å²) in [6, 6.07) is 4.95. The molecule has 3 rings (SSSR count). The van der Waals surface area contributed by atoms with Gasteiger partial charge in [0, 0.05) is 11.6 Å². The van der Waals surface area contributed by atoms with E-state index < -0.39 is 5.97 Å². The number of rotatable bonds is 3. The van der Waals surface area contributed by atoms with Crippen molar-refractivity contribution in [2.24, 2.45) is 0 Å². The van der Waals surface area contributed by atoms with E-state index in [0.29, 0.717) is 17.6 Å². The van der Waals surface area contributed by atoms with E-state index >= 15 is 0 Å². The average molecular weight is 260 g/mol. The zero-order valence-corrected chi connectivity index (χ0v) is 9.96. The third-order valence-electron chi connectivity index (χ3n) is 2.53. The molecular formula is C11H8N4O2S. The summed E-state index contributed by atoms with van der Waals surface area (Å²) < 4.78 is 1.57. The zero-order valence-electron chi connectivity index (χ0n) is 9.15. The molecule has 18 heavy (non-hydrogen) atoms. The first kappa shape index (κ1) is 10.8. The summed E-state index contributed by atoms with van der Waals surface area (Å²) in [7, 11) is 0. The summed E-state index contributed by atoms with van der Waals surface area (Å²) in [4.78, 5) is 15.3. The van der Waals surface area contributed by atoms with Gasteiger partial charge < -0.3 is 5.11 Å². The highest BCUT2D eigenvalue weighted by atomic mass is 32.1. The Labute approximate surface area is 106 Å². The third kappa shape index (κ3) is 1.74. The van der Waals surface area contributed by atoms with E-state index in [-0.39, 0.29) is 5.56 Å². The number of carboxylic acid groups (broad SMARTS) is 1. The molecule has 0 bridgehead atoms. The monoisotopic (exact) mass is 260 g/mol. The molecule has 2 heterocycles. The van der Waals surface area contributed by atoms with Gasteiger partial charge in [0.1, 0.15) is 16.0 Å². The molecule has 0 saturated carbocycles. The Bertz CT molecular complexity index is 705. The minimum atomic E-state index is -0.983. The summed E-state index contributed by atoms with van der Waals surface area (Å²) in [5.41, 5.74) is 1.31. The number of carbonyl (C=O) groups is 1. The smallest absolute Gasteiger partial charge is 0.337 e. The summed E-state index contributed by atoms with van der Waals surface area (Å²) in [5, 5.41) is 19.9. The standard InChI is InChI=1S/C11H8N4O2S/c16-11(17)7-2-1-3-8-10(7)15(14-13-8)6-9-12-4-5-18-9/h1-5H,6H2,(H,16,17). The second-order valence-electron chi connectivity index (χ2n) is 3.65. The molecule has 0 radical (unpaired) electrons. The van der Waals surface area contributed by atoms with E-state index in [1.54, 1.807) is 29.1 Å². The molecule has 0 aliphatic heterocycles. The minimum Gasteiger partial charge on any atom is -0.478 e. The molecule has 90 valence electrons. The van der Waals surface area contributed by atoms with E-state index in [1.165, 1.54) is 11.3 Å². The van der Waals surface area contributed by atoms with Crippen molar-refractivity contribution in [2.45, 2.75) is 6.54 Å². The lowest BCUT2D eigenvalue weighted by molar-refractivity contribution is 0.0698. The zero-order chi connectivity index (χ0) is 12.5. The fourth-order valence-electron chi connectivity index (χ4n) is 1.77. The van der Waals surface area contributed by atoms with Crippen LogP contribution in [0.5, 0.6) is 0 Å². The van der Waals surface area contributed by atoms with Crippen molar-refractivity contribution in [2.75, 3.05) is 0 Å². The third-order valence-corrected chi connectivity index (χ3v) is 3.30. The molecule has 6 nitrogen and oxygen atoms in total. The number of benzene rings is 1. The van der Waals surface area contributed by atoms with Gasteiger partial charge in [0.05, 0.1) is 12.1 Å². The highest BCUT2D eigenvalue weighted by Gasteiger charge is 2.15. The number of aromatic nitrogens is 4.